The van der Waals surface area contributed by atoms with Gasteiger partial charge < -0.3 is 20.9 Å². The van der Waals surface area contributed by atoms with Crippen LogP contribution in [0.1, 0.15) is 12.8 Å². The Morgan fingerprint density at radius 2 is 2.10 bits per heavy atom. The first-order valence-electron chi connectivity index (χ1n) is 3.31. The number of hydrogen-bond donors (Lipinski definition) is 0. The lowest BCUT2D eigenvalue weighted by atomic mass is 10.4. The van der Waals surface area contributed by atoms with Crippen LogP contribution in [0.2, 0.25) is 0 Å². The summed E-state index contributed by atoms with van der Waals surface area (Å²) in [5.41, 5.74) is 3.21. The van der Waals surface area contributed by atoms with Gasteiger partial charge in [0, 0.05) is 20.2 Å². The summed E-state index contributed by atoms with van der Waals surface area (Å²) in [5, 5.41) is 12.9. The quantitative estimate of drug-likeness (QED) is 0.547. The Kier molecular flexibility index (Phi) is 3.04. The van der Waals surface area contributed by atoms with E-state index in [2.05, 4.69) is 10.4 Å². The van der Waals surface area contributed by atoms with Crippen molar-refractivity contribution in [3.63, 3.8) is 0 Å². The fourth-order valence-electron chi connectivity index (χ4n) is 0.993. The van der Waals surface area contributed by atoms with E-state index in [1.54, 1.807) is 5.01 Å². The normalized spacial score (nSPS) is 20.7. The maximum Gasteiger partial charge on any atom is 0.0143 e. The highest BCUT2D eigenvalue weighted by atomic mass is 16.8. The van der Waals surface area contributed by atoms with Crippen LogP contribution in [0, 0.1) is 5.21 Å². The molecule has 5 nitrogen and oxygen atoms in total. The molecular formula is C5H11N3O2-2. The van der Waals surface area contributed by atoms with Crippen molar-refractivity contribution in [2.45, 2.75) is 12.8 Å². The first-order chi connectivity index (χ1) is 4.84. The number of rotatable bonds is 3. The Morgan fingerprint density at radius 1 is 1.50 bits per heavy atom. The zero-order chi connectivity index (χ0) is 7.40. The van der Waals surface area contributed by atoms with Gasteiger partial charge in [-0.05, 0) is 12.8 Å². The molecule has 0 aromatic rings. The van der Waals surface area contributed by atoms with Crippen molar-refractivity contribution in [1.82, 2.24) is 10.3 Å². The first kappa shape index (κ1) is 7.90. The second-order valence-corrected chi connectivity index (χ2v) is 2.18. The molecule has 1 heterocycles. The van der Waals surface area contributed by atoms with Crippen LogP contribution < -0.4 is 0 Å². The van der Waals surface area contributed by atoms with E-state index in [0.29, 0.717) is 5.28 Å². The molecule has 1 rings (SSSR count). The third kappa shape index (κ3) is 1.89. The average molecular weight is 145 g/mol. The summed E-state index contributed by atoms with van der Waals surface area (Å²) in [6.45, 7) is 1.58. The van der Waals surface area contributed by atoms with Gasteiger partial charge in [0.15, 0.2) is 0 Å². The van der Waals surface area contributed by atoms with E-state index >= 15 is 0 Å². The van der Waals surface area contributed by atoms with Gasteiger partial charge in [0.1, 0.15) is 0 Å². The Morgan fingerprint density at radius 3 is 2.60 bits per heavy atom. The van der Waals surface area contributed by atoms with Crippen LogP contribution in [0.4, 0.5) is 0 Å². The molecule has 60 valence electrons. The highest BCUT2D eigenvalue weighted by Gasteiger charge is 2.07. The maximum absolute atomic E-state index is 10.8. The Bertz CT molecular complexity index is 94.9. The highest BCUT2D eigenvalue weighted by Crippen LogP contribution is 2.12. The monoisotopic (exact) mass is 145 g/mol. The first-order valence-corrected chi connectivity index (χ1v) is 3.31. The smallest absolute Gasteiger partial charge is 0.0143 e. The van der Waals surface area contributed by atoms with Crippen molar-refractivity contribution in [2.24, 2.45) is 0 Å². The van der Waals surface area contributed by atoms with E-state index in [1.807, 2.05) is 0 Å². The standard InChI is InChI=1S/C5H11N3O2/c1-10-6-8(9)7-4-2-3-5-7/h2-5H2,1H3/q-2. The zero-order valence-corrected chi connectivity index (χ0v) is 5.99. The van der Waals surface area contributed by atoms with E-state index < -0.39 is 0 Å². The van der Waals surface area contributed by atoms with Gasteiger partial charge in [0.25, 0.3) is 0 Å². The third-order valence-electron chi connectivity index (χ3n) is 1.48. The number of hydrogen-bond acceptors (Lipinski definition) is 4. The molecule has 0 aromatic heterocycles. The van der Waals surface area contributed by atoms with Crippen molar-refractivity contribution in [3.8, 4) is 0 Å². The number of nitrogens with zero attached hydrogens (tertiary/aromatic N) is 3. The minimum absolute atomic E-state index is 0.507. The Labute approximate surface area is 60.0 Å². The molecule has 0 N–H and O–H groups in total. The summed E-state index contributed by atoms with van der Waals surface area (Å²) >= 11 is 0. The summed E-state index contributed by atoms with van der Waals surface area (Å²) in [6, 6.07) is 0. The topological polar surface area (TPSA) is 52.9 Å². The van der Waals surface area contributed by atoms with Crippen LogP contribution in [-0.4, -0.2) is 30.5 Å². The van der Waals surface area contributed by atoms with E-state index in [9.17, 15) is 5.21 Å². The van der Waals surface area contributed by atoms with Gasteiger partial charge in [-0.1, -0.05) is 0 Å². The molecular weight excluding hydrogens is 134 g/mol. The molecule has 0 bridgehead atoms. The van der Waals surface area contributed by atoms with E-state index in [4.69, 9.17) is 0 Å². The minimum atomic E-state index is 0.507. The van der Waals surface area contributed by atoms with Crippen molar-refractivity contribution in [3.05, 3.63) is 10.8 Å². The molecule has 10 heavy (non-hydrogen) atoms. The lowest BCUT2D eigenvalue weighted by Gasteiger charge is -2.48. The van der Waals surface area contributed by atoms with Gasteiger partial charge in [0.05, 0.1) is 0 Å². The maximum atomic E-state index is 10.8. The summed E-state index contributed by atoms with van der Waals surface area (Å²) in [5.74, 6) is 0. The average Bonchev–Trinajstić information content (AvgIpc) is 2.38. The summed E-state index contributed by atoms with van der Waals surface area (Å²) in [7, 11) is 1.36. The van der Waals surface area contributed by atoms with Crippen LogP contribution in [0.15, 0.2) is 0 Å². The van der Waals surface area contributed by atoms with Crippen LogP contribution in [0.25, 0.3) is 5.59 Å². The van der Waals surface area contributed by atoms with Gasteiger partial charge >= 0.3 is 0 Å². The van der Waals surface area contributed by atoms with Crippen molar-refractivity contribution < 1.29 is 4.84 Å². The fourth-order valence-corrected chi connectivity index (χ4v) is 0.993. The third-order valence-corrected chi connectivity index (χ3v) is 1.48. The molecule has 1 aliphatic rings. The Hall–Kier alpha value is -0.200. The van der Waals surface area contributed by atoms with Crippen LogP contribution >= 0.6 is 0 Å². The minimum Gasteiger partial charge on any atom is -0.788 e. The van der Waals surface area contributed by atoms with Crippen molar-refractivity contribution in [1.29, 1.82) is 0 Å². The predicted molar refractivity (Wildman–Crippen MR) is 36.4 cm³/mol. The van der Waals surface area contributed by atoms with E-state index in [0.717, 1.165) is 25.9 Å². The van der Waals surface area contributed by atoms with Crippen LogP contribution in [-0.2, 0) is 4.84 Å². The molecule has 1 fully saturated rings. The van der Waals surface area contributed by atoms with Gasteiger partial charge in [0.2, 0.25) is 0 Å². The van der Waals surface area contributed by atoms with Gasteiger partial charge in [-0.25, -0.2) is 0 Å². The summed E-state index contributed by atoms with van der Waals surface area (Å²) < 4.78 is 0. The Balaban J connectivity index is 2.18. The van der Waals surface area contributed by atoms with Crippen molar-refractivity contribution in [2.75, 3.05) is 20.2 Å². The second-order valence-electron chi connectivity index (χ2n) is 2.18. The van der Waals surface area contributed by atoms with Gasteiger partial charge in [-0.2, -0.15) is 0 Å². The molecule has 0 aromatic carbocycles. The molecule has 1 aliphatic heterocycles. The lowest BCUT2D eigenvalue weighted by Crippen LogP contribution is -2.32. The zero-order valence-electron chi connectivity index (χ0n) is 5.99. The molecule has 0 amide bonds. The molecule has 0 spiro atoms. The highest BCUT2D eigenvalue weighted by molar-refractivity contribution is 4.68. The van der Waals surface area contributed by atoms with E-state index in [-0.39, 0.29) is 0 Å². The van der Waals surface area contributed by atoms with Crippen LogP contribution in [0.5, 0.6) is 0 Å². The second kappa shape index (κ2) is 3.85. The predicted octanol–water partition coefficient (Wildman–Crippen LogP) is 0.647. The molecule has 0 unspecified atom stereocenters. The molecule has 0 atom stereocenters. The molecule has 5 heteroatoms. The lowest BCUT2D eigenvalue weighted by molar-refractivity contribution is 0.0203. The molecule has 0 radical (unpaired) electrons. The summed E-state index contributed by atoms with van der Waals surface area (Å²) in [4.78, 5) is 4.31. The van der Waals surface area contributed by atoms with Gasteiger partial charge in [-0.15, -0.1) is 0 Å². The molecule has 1 saturated heterocycles. The molecule has 0 saturated carbocycles. The summed E-state index contributed by atoms with van der Waals surface area (Å²) in [6.07, 6.45) is 2.13. The molecule has 0 aliphatic carbocycles. The van der Waals surface area contributed by atoms with Crippen molar-refractivity contribution >= 4 is 0 Å². The SMILES string of the molecule is CO[N-]N([O-])N1CCCC1. The van der Waals surface area contributed by atoms with E-state index in [1.165, 1.54) is 7.11 Å². The van der Waals surface area contributed by atoms with Gasteiger partial charge in [-0.3, -0.25) is 5.01 Å². The fraction of sp³-hybridized carbons (Fsp3) is 1.00. The number of hydrazine groups is 1. The largest absolute Gasteiger partial charge is 0.788 e. The van der Waals surface area contributed by atoms with Crippen LogP contribution in [0.3, 0.4) is 0 Å².